The summed E-state index contributed by atoms with van der Waals surface area (Å²) in [5.74, 6) is -0.369. The van der Waals surface area contributed by atoms with Crippen LogP contribution < -0.4 is 21.1 Å². The van der Waals surface area contributed by atoms with Gasteiger partial charge in [-0.25, -0.2) is 4.98 Å². The predicted molar refractivity (Wildman–Crippen MR) is 170 cm³/mol. The van der Waals surface area contributed by atoms with Crippen LogP contribution in [0, 0.1) is 18.3 Å². The molecule has 0 bridgehead atoms. The highest BCUT2D eigenvalue weighted by atomic mass is 35.5. The standard InChI is InChI=1S/C33H32ClN7O3/c1-21-37-27-4-2-3-26(31(27)33(44)41(21)29-11-12-30(42)38-32(29)43)36-19-22-5-7-23(8-6-22)20-39-13-15-40(16-14-39)28-10-9-24(18-35)17-25(28)34/h2-10,17,29,36H,11-16,19-20H2,1H3,(H,38,42,43). The Bertz CT molecular complexity index is 1840. The van der Waals surface area contributed by atoms with Gasteiger partial charge in [0, 0.05) is 51.4 Å². The van der Waals surface area contributed by atoms with Gasteiger partial charge in [0.1, 0.15) is 11.9 Å². The third-order valence-corrected chi connectivity index (χ3v) is 8.63. The number of nitrogens with one attached hydrogen (secondary N) is 2. The molecular formula is C33H32ClN7O3. The van der Waals surface area contributed by atoms with Crippen molar-refractivity contribution in [2.24, 2.45) is 0 Å². The molecule has 11 heteroatoms. The van der Waals surface area contributed by atoms with Crippen molar-refractivity contribution in [1.29, 1.82) is 5.26 Å². The normalized spacial score (nSPS) is 17.4. The second-order valence-electron chi connectivity index (χ2n) is 11.2. The summed E-state index contributed by atoms with van der Waals surface area (Å²) < 4.78 is 1.41. The van der Waals surface area contributed by atoms with Crippen molar-refractivity contribution >= 4 is 45.7 Å². The highest BCUT2D eigenvalue weighted by Gasteiger charge is 2.31. The van der Waals surface area contributed by atoms with Crippen LogP contribution >= 0.6 is 11.6 Å². The lowest BCUT2D eigenvalue weighted by Crippen LogP contribution is -2.46. The van der Waals surface area contributed by atoms with Gasteiger partial charge in [0.05, 0.1) is 33.2 Å². The number of carbonyl (C=O) groups excluding carboxylic acids is 2. The molecule has 4 aromatic rings. The van der Waals surface area contributed by atoms with Gasteiger partial charge in [0.2, 0.25) is 11.8 Å². The Hall–Kier alpha value is -4.72. The molecule has 224 valence electrons. The Balaban J connectivity index is 1.10. The molecule has 2 aliphatic rings. The maximum absolute atomic E-state index is 13.7. The number of fused-ring (bicyclic) bond motifs is 1. The largest absolute Gasteiger partial charge is 0.380 e. The first kappa shape index (κ1) is 29.4. The van der Waals surface area contributed by atoms with Gasteiger partial charge in [0.25, 0.3) is 5.56 Å². The Morgan fingerprint density at radius 3 is 2.48 bits per heavy atom. The number of benzene rings is 3. The quantitative estimate of drug-likeness (QED) is 0.300. The van der Waals surface area contributed by atoms with Crippen LogP contribution in [0.15, 0.2) is 65.5 Å². The zero-order chi connectivity index (χ0) is 30.8. The molecule has 2 aliphatic heterocycles. The predicted octanol–water partition coefficient (Wildman–Crippen LogP) is 4.14. The molecule has 2 fully saturated rings. The number of anilines is 2. The van der Waals surface area contributed by atoms with E-state index >= 15 is 0 Å². The molecule has 10 nitrogen and oxygen atoms in total. The molecule has 0 spiro atoms. The molecule has 2 amide bonds. The fourth-order valence-electron chi connectivity index (χ4n) is 5.99. The molecule has 0 radical (unpaired) electrons. The number of halogens is 1. The van der Waals surface area contributed by atoms with Crippen LogP contribution in [0.3, 0.4) is 0 Å². The Labute approximate surface area is 259 Å². The number of carbonyl (C=O) groups is 2. The van der Waals surface area contributed by atoms with Gasteiger partial charge in [-0.1, -0.05) is 41.9 Å². The smallest absolute Gasteiger partial charge is 0.264 e. The number of nitrogens with zero attached hydrogens (tertiary/aromatic N) is 5. The van der Waals surface area contributed by atoms with Crippen LogP contribution in [0.25, 0.3) is 10.9 Å². The Kier molecular flexibility index (Phi) is 8.33. The van der Waals surface area contributed by atoms with E-state index in [1.807, 2.05) is 18.2 Å². The zero-order valence-corrected chi connectivity index (χ0v) is 25.1. The average molecular weight is 610 g/mol. The van der Waals surface area contributed by atoms with Gasteiger partial charge in [-0.05, 0) is 54.8 Å². The monoisotopic (exact) mass is 609 g/mol. The van der Waals surface area contributed by atoms with Gasteiger partial charge in [0.15, 0.2) is 0 Å². The number of aryl methyl sites for hydroxylation is 1. The van der Waals surface area contributed by atoms with Gasteiger partial charge < -0.3 is 10.2 Å². The Morgan fingerprint density at radius 2 is 1.77 bits per heavy atom. The highest BCUT2D eigenvalue weighted by Crippen LogP contribution is 2.28. The third kappa shape index (κ3) is 6.02. The molecule has 2 saturated heterocycles. The van der Waals surface area contributed by atoms with Gasteiger partial charge in [-0.15, -0.1) is 0 Å². The number of nitriles is 1. The maximum Gasteiger partial charge on any atom is 0.264 e. The van der Waals surface area contributed by atoms with E-state index in [-0.39, 0.29) is 24.3 Å². The fraction of sp³-hybridized carbons (Fsp3) is 0.303. The van der Waals surface area contributed by atoms with E-state index in [9.17, 15) is 14.4 Å². The number of piperazine rings is 1. The van der Waals surface area contributed by atoms with Crippen LogP contribution in [0.1, 0.15) is 41.4 Å². The molecule has 0 aliphatic carbocycles. The first-order chi connectivity index (χ1) is 21.3. The zero-order valence-electron chi connectivity index (χ0n) is 24.3. The molecule has 6 rings (SSSR count). The summed E-state index contributed by atoms with van der Waals surface area (Å²) in [5, 5.41) is 15.8. The molecule has 1 aromatic heterocycles. The minimum Gasteiger partial charge on any atom is -0.380 e. The molecule has 3 aromatic carbocycles. The molecule has 1 atom stereocenters. The van der Waals surface area contributed by atoms with Crippen LogP contribution in [-0.2, 0) is 22.7 Å². The van der Waals surface area contributed by atoms with E-state index in [0.29, 0.717) is 39.5 Å². The van der Waals surface area contributed by atoms with Crippen molar-refractivity contribution in [2.75, 3.05) is 36.4 Å². The summed E-state index contributed by atoms with van der Waals surface area (Å²) in [6.07, 6.45) is 0.446. The summed E-state index contributed by atoms with van der Waals surface area (Å²) >= 11 is 6.42. The number of aromatic nitrogens is 2. The molecule has 1 unspecified atom stereocenters. The van der Waals surface area contributed by atoms with Crippen molar-refractivity contribution in [3.05, 3.63) is 98.6 Å². The summed E-state index contributed by atoms with van der Waals surface area (Å²) in [6, 6.07) is 20.7. The average Bonchev–Trinajstić information content (AvgIpc) is 3.02. The van der Waals surface area contributed by atoms with Crippen molar-refractivity contribution in [1.82, 2.24) is 19.8 Å². The van der Waals surface area contributed by atoms with E-state index in [0.717, 1.165) is 44.0 Å². The van der Waals surface area contributed by atoms with Crippen LogP contribution in [0.4, 0.5) is 11.4 Å². The molecule has 3 heterocycles. The fourth-order valence-corrected chi connectivity index (χ4v) is 6.29. The Morgan fingerprint density at radius 1 is 1.02 bits per heavy atom. The first-order valence-electron chi connectivity index (χ1n) is 14.6. The van der Waals surface area contributed by atoms with E-state index in [1.165, 1.54) is 10.1 Å². The lowest BCUT2D eigenvalue weighted by atomic mass is 10.1. The molecule has 2 N–H and O–H groups in total. The second-order valence-corrected chi connectivity index (χ2v) is 11.6. The minimum absolute atomic E-state index is 0.180. The molecular weight excluding hydrogens is 578 g/mol. The number of amides is 2. The number of rotatable bonds is 7. The molecule has 44 heavy (non-hydrogen) atoms. The van der Waals surface area contributed by atoms with Crippen molar-refractivity contribution in [2.45, 2.75) is 38.9 Å². The SMILES string of the molecule is Cc1nc2cccc(NCc3ccc(CN4CCN(c5ccc(C#N)cc5Cl)CC4)cc3)c2c(=O)n1C1CCC(=O)NC1=O. The van der Waals surface area contributed by atoms with E-state index in [4.69, 9.17) is 16.9 Å². The minimum atomic E-state index is -0.769. The summed E-state index contributed by atoms with van der Waals surface area (Å²) in [6.45, 7) is 6.59. The summed E-state index contributed by atoms with van der Waals surface area (Å²) in [4.78, 5) is 47.2. The van der Waals surface area contributed by atoms with Crippen LogP contribution in [0.5, 0.6) is 0 Å². The lowest BCUT2D eigenvalue weighted by molar-refractivity contribution is -0.135. The van der Waals surface area contributed by atoms with Crippen molar-refractivity contribution < 1.29 is 9.59 Å². The van der Waals surface area contributed by atoms with Crippen molar-refractivity contribution in [3.63, 3.8) is 0 Å². The maximum atomic E-state index is 13.7. The van der Waals surface area contributed by atoms with Gasteiger partial charge in [-0.3, -0.25) is 29.2 Å². The van der Waals surface area contributed by atoms with Gasteiger partial charge >= 0.3 is 0 Å². The third-order valence-electron chi connectivity index (χ3n) is 8.33. The number of hydrogen-bond donors (Lipinski definition) is 2. The van der Waals surface area contributed by atoms with Gasteiger partial charge in [-0.2, -0.15) is 5.26 Å². The van der Waals surface area contributed by atoms with E-state index in [2.05, 4.69) is 55.8 Å². The first-order valence-corrected chi connectivity index (χ1v) is 15.0. The van der Waals surface area contributed by atoms with Crippen LogP contribution in [-0.4, -0.2) is 52.4 Å². The number of piperidine rings is 1. The van der Waals surface area contributed by atoms with E-state index < -0.39 is 11.9 Å². The van der Waals surface area contributed by atoms with Crippen LogP contribution in [0.2, 0.25) is 5.02 Å². The topological polar surface area (TPSA) is 123 Å². The lowest BCUT2D eigenvalue weighted by Gasteiger charge is -2.36. The van der Waals surface area contributed by atoms with E-state index in [1.54, 1.807) is 25.1 Å². The summed E-state index contributed by atoms with van der Waals surface area (Å²) in [5.41, 5.74) is 4.71. The number of hydrogen-bond acceptors (Lipinski definition) is 8. The summed E-state index contributed by atoms with van der Waals surface area (Å²) in [7, 11) is 0. The highest BCUT2D eigenvalue weighted by molar-refractivity contribution is 6.33. The second kappa shape index (κ2) is 12.5. The van der Waals surface area contributed by atoms with Crippen molar-refractivity contribution in [3.8, 4) is 6.07 Å². The molecule has 0 saturated carbocycles. The number of imide groups is 1.